The molecule has 2 atom stereocenters. The second kappa shape index (κ2) is 12.8. The Morgan fingerprint density at radius 3 is 2.36 bits per heavy atom. The molecule has 0 heterocycles. The molecule has 0 aliphatic rings. The van der Waals surface area contributed by atoms with E-state index in [1.54, 1.807) is 21.1 Å². The fourth-order valence-electron chi connectivity index (χ4n) is 2.19. The van der Waals surface area contributed by atoms with Gasteiger partial charge in [0.15, 0.2) is 0 Å². The van der Waals surface area contributed by atoms with E-state index in [0.717, 1.165) is 11.3 Å². The molecule has 0 aliphatic heterocycles. The molecule has 0 aromatic heterocycles. The zero-order valence-corrected chi connectivity index (χ0v) is 15.7. The van der Waals surface area contributed by atoms with Crippen LogP contribution in [0.1, 0.15) is 25.8 Å². The Morgan fingerprint density at radius 1 is 1.04 bits per heavy atom. The molecule has 1 rings (SSSR count). The molecule has 1 aromatic rings. The van der Waals surface area contributed by atoms with E-state index in [1.165, 1.54) is 0 Å². The first-order chi connectivity index (χ1) is 12.1. The van der Waals surface area contributed by atoms with Crippen molar-refractivity contribution in [3.05, 3.63) is 29.8 Å². The lowest BCUT2D eigenvalue weighted by atomic mass is 9.98. The largest absolute Gasteiger partial charge is 0.497 e. The minimum atomic E-state index is -0.226. The van der Waals surface area contributed by atoms with Gasteiger partial charge in [-0.15, -0.1) is 0 Å². The molecule has 0 saturated carbocycles. The van der Waals surface area contributed by atoms with E-state index >= 15 is 0 Å². The summed E-state index contributed by atoms with van der Waals surface area (Å²) in [6.45, 7) is 5.58. The Balaban J connectivity index is 2.33. The van der Waals surface area contributed by atoms with Crippen LogP contribution < -0.4 is 4.74 Å². The van der Waals surface area contributed by atoms with Gasteiger partial charge in [0.25, 0.3) is 0 Å². The van der Waals surface area contributed by atoms with E-state index in [1.807, 2.05) is 31.2 Å². The van der Waals surface area contributed by atoms with Gasteiger partial charge in [0.2, 0.25) is 0 Å². The molecule has 6 nitrogen and oxygen atoms in total. The van der Waals surface area contributed by atoms with Crippen LogP contribution in [0.25, 0.3) is 0 Å². The lowest BCUT2D eigenvalue weighted by Crippen LogP contribution is -2.29. The minimum absolute atomic E-state index is 0.0945. The molecule has 0 unspecified atom stereocenters. The lowest BCUT2D eigenvalue weighted by molar-refractivity contribution is -0.138. The second-order valence-electron chi connectivity index (χ2n) is 5.81. The Labute approximate surface area is 150 Å². The topological polar surface area (TPSA) is 63.2 Å². The van der Waals surface area contributed by atoms with E-state index in [0.29, 0.717) is 32.8 Å². The number of methoxy groups -OCH3 is 2. The van der Waals surface area contributed by atoms with Gasteiger partial charge in [0.1, 0.15) is 18.3 Å². The Bertz CT molecular complexity index is 473. The van der Waals surface area contributed by atoms with E-state index < -0.39 is 0 Å². The molecule has 1 aromatic carbocycles. The van der Waals surface area contributed by atoms with Gasteiger partial charge in [-0.1, -0.05) is 19.1 Å². The number of carbonyl (C=O) groups excluding carboxylic acids is 1. The molecule has 0 amide bonds. The summed E-state index contributed by atoms with van der Waals surface area (Å²) < 4.78 is 26.8. The van der Waals surface area contributed by atoms with Crippen molar-refractivity contribution >= 4 is 5.78 Å². The van der Waals surface area contributed by atoms with Crippen LogP contribution in [-0.2, 0) is 30.3 Å². The highest BCUT2D eigenvalue weighted by Gasteiger charge is 2.21. The van der Waals surface area contributed by atoms with Gasteiger partial charge in [-0.2, -0.15) is 0 Å². The number of rotatable bonds is 14. The fraction of sp³-hybridized carbons (Fsp3) is 0.632. The van der Waals surface area contributed by atoms with Gasteiger partial charge >= 0.3 is 0 Å². The molecule has 25 heavy (non-hydrogen) atoms. The number of hydrogen-bond acceptors (Lipinski definition) is 6. The summed E-state index contributed by atoms with van der Waals surface area (Å²) >= 11 is 0. The summed E-state index contributed by atoms with van der Waals surface area (Å²) in [6, 6.07) is 7.74. The first kappa shape index (κ1) is 21.6. The van der Waals surface area contributed by atoms with Crippen molar-refractivity contribution < 1.29 is 28.5 Å². The third kappa shape index (κ3) is 8.97. The molecule has 0 fully saturated rings. The van der Waals surface area contributed by atoms with Crippen molar-refractivity contribution in [1.82, 2.24) is 0 Å². The van der Waals surface area contributed by atoms with Gasteiger partial charge in [-0.3, -0.25) is 4.79 Å². The van der Waals surface area contributed by atoms with Crippen LogP contribution in [-0.4, -0.2) is 52.7 Å². The summed E-state index contributed by atoms with van der Waals surface area (Å²) in [5, 5.41) is 0. The van der Waals surface area contributed by atoms with E-state index in [-0.39, 0.29) is 24.6 Å². The summed E-state index contributed by atoms with van der Waals surface area (Å²) in [6.07, 6.45) is 0.403. The summed E-state index contributed by atoms with van der Waals surface area (Å²) in [7, 11) is 3.26. The van der Waals surface area contributed by atoms with Crippen molar-refractivity contribution in [3.8, 4) is 5.75 Å². The number of Topliss-reactive ketones (excluding diaryl/α,β-unsaturated/α-hetero) is 1. The number of carbonyl (C=O) groups is 1. The van der Waals surface area contributed by atoms with E-state index in [9.17, 15) is 4.79 Å². The molecule has 142 valence electrons. The molecule has 0 aliphatic carbocycles. The van der Waals surface area contributed by atoms with Crippen molar-refractivity contribution in [2.45, 2.75) is 33.0 Å². The smallest absolute Gasteiger partial charge is 0.147 e. The minimum Gasteiger partial charge on any atom is -0.497 e. The first-order valence-corrected chi connectivity index (χ1v) is 8.48. The van der Waals surface area contributed by atoms with Gasteiger partial charge in [-0.05, 0) is 31.0 Å². The average molecular weight is 354 g/mol. The van der Waals surface area contributed by atoms with Crippen LogP contribution in [0.5, 0.6) is 5.75 Å². The summed E-state index contributed by atoms with van der Waals surface area (Å²) in [5.74, 6) is 0.716. The highest BCUT2D eigenvalue weighted by Crippen LogP contribution is 2.15. The van der Waals surface area contributed by atoms with Crippen molar-refractivity contribution in [3.63, 3.8) is 0 Å². The lowest BCUT2D eigenvalue weighted by Gasteiger charge is -2.22. The quantitative estimate of drug-likeness (QED) is 0.378. The van der Waals surface area contributed by atoms with Gasteiger partial charge in [0, 0.05) is 19.6 Å². The molecular weight excluding hydrogens is 324 g/mol. The Hall–Kier alpha value is -1.47. The predicted molar refractivity (Wildman–Crippen MR) is 94.7 cm³/mol. The van der Waals surface area contributed by atoms with Gasteiger partial charge in [0.05, 0.1) is 33.0 Å². The molecule has 0 radical (unpaired) electrons. The zero-order chi connectivity index (χ0) is 18.5. The molecular formula is C19H30O6. The zero-order valence-electron chi connectivity index (χ0n) is 15.7. The normalized spacial score (nSPS) is 13.4. The third-order valence-electron chi connectivity index (χ3n) is 3.97. The molecule has 0 spiro atoms. The number of benzene rings is 1. The highest BCUT2D eigenvalue weighted by molar-refractivity contribution is 5.78. The van der Waals surface area contributed by atoms with E-state index in [2.05, 4.69) is 0 Å². The van der Waals surface area contributed by atoms with Crippen LogP contribution in [0, 0.1) is 5.92 Å². The summed E-state index contributed by atoms with van der Waals surface area (Å²) in [4.78, 5) is 11.6. The molecule has 6 heteroatoms. The molecule has 0 bridgehead atoms. The third-order valence-corrected chi connectivity index (χ3v) is 3.97. The highest BCUT2D eigenvalue weighted by atomic mass is 16.7. The monoisotopic (exact) mass is 354 g/mol. The van der Waals surface area contributed by atoms with Gasteiger partial charge < -0.3 is 23.7 Å². The number of hydrogen-bond donors (Lipinski definition) is 0. The van der Waals surface area contributed by atoms with Crippen LogP contribution in [0.15, 0.2) is 24.3 Å². The predicted octanol–water partition coefficient (Wildman–Crippen LogP) is 2.83. The average Bonchev–Trinajstić information content (AvgIpc) is 2.63. The van der Waals surface area contributed by atoms with Crippen LogP contribution in [0.2, 0.25) is 0 Å². The van der Waals surface area contributed by atoms with E-state index in [4.69, 9.17) is 23.7 Å². The van der Waals surface area contributed by atoms with Crippen LogP contribution in [0.3, 0.4) is 0 Å². The number of ketones is 1. The molecule has 0 saturated heterocycles. The van der Waals surface area contributed by atoms with Crippen molar-refractivity contribution in [2.75, 3.05) is 40.8 Å². The molecule has 0 N–H and O–H groups in total. The number of ether oxygens (including phenoxy) is 5. The van der Waals surface area contributed by atoms with Crippen molar-refractivity contribution in [1.29, 1.82) is 0 Å². The summed E-state index contributed by atoms with van der Waals surface area (Å²) in [5.41, 5.74) is 1.07. The van der Waals surface area contributed by atoms with Crippen molar-refractivity contribution in [2.24, 2.45) is 5.92 Å². The maximum absolute atomic E-state index is 11.6. The maximum Gasteiger partial charge on any atom is 0.147 e. The SMILES string of the molecule is COCCOCO[C@@H](CCOCc1ccc(OC)cc1)[C@H](C)C(C)=O. The van der Waals surface area contributed by atoms with Crippen LogP contribution in [0.4, 0.5) is 0 Å². The Morgan fingerprint density at radius 2 is 1.76 bits per heavy atom. The van der Waals surface area contributed by atoms with Crippen LogP contribution >= 0.6 is 0 Å². The first-order valence-electron chi connectivity index (χ1n) is 8.48. The Kier molecular flexibility index (Phi) is 11.1. The standard InChI is InChI=1S/C19H30O6/c1-15(16(2)20)19(25-14-24-12-11-21-3)9-10-23-13-17-5-7-18(22-4)8-6-17/h5-8,15,19H,9-14H2,1-4H3/t15-,19+/m1/s1. The van der Waals surface area contributed by atoms with Gasteiger partial charge in [-0.25, -0.2) is 0 Å². The second-order valence-corrected chi connectivity index (χ2v) is 5.81. The fourth-order valence-corrected chi connectivity index (χ4v) is 2.19. The maximum atomic E-state index is 11.6.